The van der Waals surface area contributed by atoms with E-state index in [0.29, 0.717) is 12.1 Å². The minimum absolute atomic E-state index is 0.259. The summed E-state index contributed by atoms with van der Waals surface area (Å²) in [6.07, 6.45) is 8.67. The molecular formula is C14H20N4O. The summed E-state index contributed by atoms with van der Waals surface area (Å²) in [4.78, 5) is 11.5. The van der Waals surface area contributed by atoms with E-state index in [1.165, 1.54) is 38.5 Å². The number of rotatable bonds is 2. The molecule has 1 aliphatic heterocycles. The first-order valence-electron chi connectivity index (χ1n) is 7.33. The molecular weight excluding hydrogens is 240 g/mol. The van der Waals surface area contributed by atoms with Crippen LogP contribution in [0, 0.1) is 23.2 Å². The van der Waals surface area contributed by atoms with Crippen LogP contribution in [0.2, 0.25) is 0 Å². The second-order valence-electron chi connectivity index (χ2n) is 6.94. The lowest BCUT2D eigenvalue weighted by atomic mass is 9.48. The number of hydrazine groups is 1. The highest BCUT2D eigenvalue weighted by atomic mass is 16.2. The molecule has 0 aromatic rings. The highest BCUT2D eigenvalue weighted by Crippen LogP contribution is 2.61. The van der Waals surface area contributed by atoms with Crippen molar-refractivity contribution in [3.05, 3.63) is 0 Å². The monoisotopic (exact) mass is 260 g/mol. The van der Waals surface area contributed by atoms with Crippen LogP contribution in [-0.2, 0) is 4.79 Å². The maximum absolute atomic E-state index is 11.5. The Kier molecular flexibility index (Phi) is 2.37. The first kappa shape index (κ1) is 11.6. The van der Waals surface area contributed by atoms with Gasteiger partial charge in [0.1, 0.15) is 5.71 Å². The van der Waals surface area contributed by atoms with Crippen LogP contribution < -0.4 is 11.3 Å². The molecule has 0 spiro atoms. The molecule has 5 rings (SSSR count). The summed E-state index contributed by atoms with van der Waals surface area (Å²) in [7, 11) is 0. The van der Waals surface area contributed by atoms with Crippen molar-refractivity contribution in [1.82, 2.24) is 5.43 Å². The molecule has 102 valence electrons. The van der Waals surface area contributed by atoms with Gasteiger partial charge in [0.05, 0.1) is 5.71 Å². The Balaban J connectivity index is 1.56. The normalized spacial score (nSPS) is 43.1. The Labute approximate surface area is 112 Å². The van der Waals surface area contributed by atoms with Crippen molar-refractivity contribution in [3.8, 4) is 0 Å². The molecule has 5 heteroatoms. The molecule has 4 aliphatic carbocycles. The van der Waals surface area contributed by atoms with Crippen molar-refractivity contribution in [3.63, 3.8) is 0 Å². The highest BCUT2D eigenvalue weighted by Gasteiger charge is 2.53. The summed E-state index contributed by atoms with van der Waals surface area (Å²) in [6, 6.07) is 0. The molecule has 4 saturated carbocycles. The van der Waals surface area contributed by atoms with Gasteiger partial charge in [-0.05, 0) is 56.3 Å². The molecule has 19 heavy (non-hydrogen) atoms. The summed E-state index contributed by atoms with van der Waals surface area (Å²) in [6.45, 7) is 0. The number of nitrogens with one attached hydrogen (secondary N) is 1. The van der Waals surface area contributed by atoms with Crippen LogP contribution in [0.1, 0.15) is 44.9 Å². The zero-order valence-electron chi connectivity index (χ0n) is 11.1. The largest absolute Gasteiger partial charge is 0.289 e. The fourth-order valence-corrected chi connectivity index (χ4v) is 5.32. The van der Waals surface area contributed by atoms with Crippen molar-refractivity contribution < 1.29 is 4.79 Å². The summed E-state index contributed by atoms with van der Waals surface area (Å²) in [5.74, 6) is 7.55. The fraction of sp³-hybridized carbons (Fsp3) is 0.786. The SMILES string of the molecule is NNC(=O)C1=NN=C(C23CC4CC(CC(C4)C2)C3)C1. The van der Waals surface area contributed by atoms with Gasteiger partial charge in [-0.3, -0.25) is 10.2 Å². The van der Waals surface area contributed by atoms with Crippen LogP contribution in [0.15, 0.2) is 10.2 Å². The number of nitrogens with zero attached hydrogens (tertiary/aromatic N) is 2. The van der Waals surface area contributed by atoms with Gasteiger partial charge in [-0.25, -0.2) is 5.84 Å². The van der Waals surface area contributed by atoms with Gasteiger partial charge in [0, 0.05) is 11.8 Å². The smallest absolute Gasteiger partial charge is 0.281 e. The number of amides is 1. The van der Waals surface area contributed by atoms with E-state index in [2.05, 4.69) is 15.6 Å². The van der Waals surface area contributed by atoms with E-state index < -0.39 is 0 Å². The van der Waals surface area contributed by atoms with Gasteiger partial charge in [-0.15, -0.1) is 5.10 Å². The maximum Gasteiger partial charge on any atom is 0.281 e. The number of hydrogen-bond donors (Lipinski definition) is 2. The number of nitrogens with two attached hydrogens (primary N) is 1. The second kappa shape index (κ2) is 3.88. The van der Waals surface area contributed by atoms with Crippen LogP contribution >= 0.6 is 0 Å². The van der Waals surface area contributed by atoms with E-state index in [1.54, 1.807) is 0 Å². The summed E-state index contributed by atoms with van der Waals surface area (Å²) in [5, 5.41) is 8.42. The van der Waals surface area contributed by atoms with Gasteiger partial charge in [0.2, 0.25) is 0 Å². The quantitative estimate of drug-likeness (QED) is 0.447. The minimum Gasteiger partial charge on any atom is -0.289 e. The van der Waals surface area contributed by atoms with Crippen LogP contribution in [0.25, 0.3) is 0 Å². The lowest BCUT2D eigenvalue weighted by Crippen LogP contribution is -2.50. The first-order chi connectivity index (χ1) is 9.18. The summed E-state index contributed by atoms with van der Waals surface area (Å²) in [5.41, 5.74) is 4.05. The van der Waals surface area contributed by atoms with Gasteiger partial charge < -0.3 is 0 Å². The first-order valence-corrected chi connectivity index (χ1v) is 7.33. The predicted octanol–water partition coefficient (Wildman–Crippen LogP) is 1.39. The molecule has 0 radical (unpaired) electrons. The zero-order chi connectivity index (χ0) is 13.0. The third-order valence-corrected chi connectivity index (χ3v) is 5.67. The number of carbonyl (C=O) groups excluding carboxylic acids is 1. The minimum atomic E-state index is -0.288. The van der Waals surface area contributed by atoms with Gasteiger partial charge >= 0.3 is 0 Å². The van der Waals surface area contributed by atoms with Crippen molar-refractivity contribution in [2.24, 2.45) is 39.2 Å². The molecule has 0 aromatic carbocycles. The molecule has 5 nitrogen and oxygen atoms in total. The molecule has 0 aromatic heterocycles. The molecule has 4 fully saturated rings. The van der Waals surface area contributed by atoms with Crippen molar-refractivity contribution in [1.29, 1.82) is 0 Å². The second-order valence-corrected chi connectivity index (χ2v) is 6.94. The van der Waals surface area contributed by atoms with Gasteiger partial charge in [-0.1, -0.05) is 0 Å². The zero-order valence-corrected chi connectivity index (χ0v) is 11.1. The van der Waals surface area contributed by atoms with Crippen LogP contribution in [0.5, 0.6) is 0 Å². The van der Waals surface area contributed by atoms with Gasteiger partial charge in [0.25, 0.3) is 5.91 Å². The van der Waals surface area contributed by atoms with Gasteiger partial charge in [-0.2, -0.15) is 5.10 Å². The number of hydrogen-bond acceptors (Lipinski definition) is 4. The van der Waals surface area contributed by atoms with Crippen LogP contribution in [0.3, 0.4) is 0 Å². The summed E-state index contributed by atoms with van der Waals surface area (Å²) < 4.78 is 0. The Morgan fingerprint density at radius 3 is 2.21 bits per heavy atom. The molecule has 3 N–H and O–H groups in total. The van der Waals surface area contributed by atoms with Crippen molar-refractivity contribution in [2.75, 3.05) is 0 Å². The molecule has 0 unspecified atom stereocenters. The average Bonchev–Trinajstić information content (AvgIpc) is 2.86. The van der Waals surface area contributed by atoms with Crippen LogP contribution in [-0.4, -0.2) is 17.3 Å². The predicted molar refractivity (Wildman–Crippen MR) is 72.4 cm³/mol. The van der Waals surface area contributed by atoms with E-state index in [0.717, 1.165) is 23.5 Å². The van der Waals surface area contributed by atoms with Crippen molar-refractivity contribution >= 4 is 17.3 Å². The average molecular weight is 260 g/mol. The Morgan fingerprint density at radius 2 is 1.68 bits per heavy atom. The van der Waals surface area contributed by atoms with E-state index in [9.17, 15) is 4.79 Å². The number of carbonyl (C=O) groups is 1. The fourth-order valence-electron chi connectivity index (χ4n) is 5.32. The summed E-state index contributed by atoms with van der Waals surface area (Å²) >= 11 is 0. The van der Waals surface area contributed by atoms with Crippen LogP contribution in [0.4, 0.5) is 0 Å². The Bertz CT molecular complexity index is 458. The lowest BCUT2D eigenvalue weighted by Gasteiger charge is -2.56. The topological polar surface area (TPSA) is 79.8 Å². The molecule has 4 bridgehead atoms. The third-order valence-electron chi connectivity index (χ3n) is 5.67. The van der Waals surface area contributed by atoms with E-state index in [1.807, 2.05) is 0 Å². The van der Waals surface area contributed by atoms with E-state index >= 15 is 0 Å². The molecule has 0 atom stereocenters. The third kappa shape index (κ3) is 1.67. The highest BCUT2D eigenvalue weighted by molar-refractivity contribution is 6.43. The molecule has 1 heterocycles. The van der Waals surface area contributed by atoms with Gasteiger partial charge in [0.15, 0.2) is 0 Å². The van der Waals surface area contributed by atoms with Crippen molar-refractivity contribution in [2.45, 2.75) is 44.9 Å². The van der Waals surface area contributed by atoms with E-state index in [4.69, 9.17) is 5.84 Å². The standard InChI is InChI=1S/C14H20N4O/c15-16-13(19)11-4-12(18-17-11)14-5-8-1-9(6-14)3-10(2-8)7-14/h8-10H,1-7,15H2,(H,16,19). The molecule has 0 saturated heterocycles. The molecule has 5 aliphatic rings. The van der Waals surface area contributed by atoms with E-state index in [-0.39, 0.29) is 11.3 Å². The molecule has 1 amide bonds. The lowest BCUT2D eigenvalue weighted by molar-refractivity contribution is -0.114. The Hall–Kier alpha value is -1.23. The Morgan fingerprint density at radius 1 is 1.11 bits per heavy atom. The maximum atomic E-state index is 11.5.